The summed E-state index contributed by atoms with van der Waals surface area (Å²) in [5.74, 6) is 0.311. The van der Waals surface area contributed by atoms with Gasteiger partial charge >= 0.3 is 0 Å². The number of halogens is 1. The predicted molar refractivity (Wildman–Crippen MR) is 86.7 cm³/mol. The van der Waals surface area contributed by atoms with Gasteiger partial charge in [0.05, 0.1) is 32.7 Å². The lowest BCUT2D eigenvalue weighted by atomic mass is 10.2. The molecule has 108 valence electrons. The van der Waals surface area contributed by atoms with Crippen LogP contribution in [0.25, 0.3) is 10.9 Å². The summed E-state index contributed by atoms with van der Waals surface area (Å²) in [6.45, 7) is 0. The average Bonchev–Trinajstić information content (AvgIpc) is 2.78. The van der Waals surface area contributed by atoms with Crippen molar-refractivity contribution < 1.29 is 4.21 Å². The van der Waals surface area contributed by atoms with E-state index in [1.54, 1.807) is 22.9 Å². The van der Waals surface area contributed by atoms with Gasteiger partial charge in [0.2, 0.25) is 0 Å². The highest BCUT2D eigenvalue weighted by Gasteiger charge is 2.14. The molecular formula is C15H14ClN3OS. The summed E-state index contributed by atoms with van der Waals surface area (Å²) in [5.41, 5.74) is 8.18. The quantitative estimate of drug-likeness (QED) is 0.754. The lowest BCUT2D eigenvalue weighted by Gasteiger charge is -2.05. The second-order valence-electron chi connectivity index (χ2n) is 4.76. The number of para-hydroxylation sites is 1. The Balaban J connectivity index is 1.99. The molecule has 0 radical (unpaired) electrons. The van der Waals surface area contributed by atoms with Crippen LogP contribution >= 0.6 is 11.6 Å². The Labute approximate surface area is 130 Å². The van der Waals surface area contributed by atoms with Crippen LogP contribution in [0.15, 0.2) is 47.4 Å². The summed E-state index contributed by atoms with van der Waals surface area (Å²) in [6, 6.07) is 12.9. The molecule has 0 bridgehead atoms. The van der Waals surface area contributed by atoms with Gasteiger partial charge in [-0.25, -0.2) is 0 Å². The lowest BCUT2D eigenvalue weighted by molar-refractivity contribution is 0.681. The van der Waals surface area contributed by atoms with Crippen molar-refractivity contribution in [2.45, 2.75) is 10.6 Å². The fourth-order valence-electron chi connectivity index (χ4n) is 2.30. The molecule has 1 unspecified atom stereocenters. The number of hydrogen-bond donors (Lipinski definition) is 1. The lowest BCUT2D eigenvalue weighted by Crippen LogP contribution is -2.02. The highest BCUT2D eigenvalue weighted by Crippen LogP contribution is 2.25. The number of benzene rings is 2. The van der Waals surface area contributed by atoms with Crippen molar-refractivity contribution in [3.8, 4) is 0 Å². The zero-order valence-corrected chi connectivity index (χ0v) is 13.0. The molecule has 0 fully saturated rings. The van der Waals surface area contributed by atoms with Crippen LogP contribution in [0.4, 0.5) is 5.69 Å². The summed E-state index contributed by atoms with van der Waals surface area (Å²) >= 11 is 5.95. The van der Waals surface area contributed by atoms with Crippen LogP contribution in [-0.2, 0) is 23.6 Å². The van der Waals surface area contributed by atoms with Gasteiger partial charge in [-0.15, -0.1) is 0 Å². The topological polar surface area (TPSA) is 60.9 Å². The van der Waals surface area contributed by atoms with Gasteiger partial charge in [0.25, 0.3) is 0 Å². The first kappa shape index (κ1) is 14.1. The summed E-state index contributed by atoms with van der Waals surface area (Å²) < 4.78 is 14.4. The smallest absolute Gasteiger partial charge is 0.0831 e. The van der Waals surface area contributed by atoms with E-state index in [9.17, 15) is 4.21 Å². The molecule has 0 saturated carbocycles. The van der Waals surface area contributed by atoms with Crippen LogP contribution in [0.2, 0.25) is 5.02 Å². The first-order chi connectivity index (χ1) is 10.1. The van der Waals surface area contributed by atoms with Gasteiger partial charge < -0.3 is 5.73 Å². The number of rotatable bonds is 3. The molecule has 0 amide bonds. The van der Waals surface area contributed by atoms with Crippen LogP contribution in [0.5, 0.6) is 0 Å². The highest BCUT2D eigenvalue weighted by atomic mass is 35.5. The van der Waals surface area contributed by atoms with E-state index >= 15 is 0 Å². The Morgan fingerprint density at radius 1 is 1.29 bits per heavy atom. The molecule has 4 nitrogen and oxygen atoms in total. The highest BCUT2D eigenvalue weighted by molar-refractivity contribution is 7.84. The number of nitrogens with zero attached hydrogens (tertiary/aromatic N) is 2. The molecule has 1 atom stereocenters. The SMILES string of the molecule is Cn1nc(CS(=O)c2cc(Cl)ccc2N)c2ccccc21. The molecule has 2 N–H and O–H groups in total. The molecule has 1 heterocycles. The minimum absolute atomic E-state index is 0.311. The molecule has 0 aliphatic carbocycles. The van der Waals surface area contributed by atoms with Crippen LogP contribution in [-0.4, -0.2) is 14.0 Å². The third kappa shape index (κ3) is 2.66. The molecule has 21 heavy (non-hydrogen) atoms. The van der Waals surface area contributed by atoms with Crippen LogP contribution in [0.3, 0.4) is 0 Å². The zero-order valence-electron chi connectivity index (χ0n) is 11.4. The van der Waals surface area contributed by atoms with E-state index in [1.165, 1.54) is 0 Å². The first-order valence-corrected chi connectivity index (χ1v) is 8.10. The first-order valence-electron chi connectivity index (χ1n) is 6.40. The number of nitrogen functional groups attached to an aromatic ring is 1. The molecule has 2 aromatic carbocycles. The van der Waals surface area contributed by atoms with E-state index in [4.69, 9.17) is 17.3 Å². The number of fused-ring (bicyclic) bond motifs is 1. The van der Waals surface area contributed by atoms with Gasteiger partial charge in [0.15, 0.2) is 0 Å². The van der Waals surface area contributed by atoms with Crippen molar-refractivity contribution >= 4 is 39.0 Å². The number of nitrogens with two attached hydrogens (primary N) is 1. The van der Waals surface area contributed by atoms with Crippen molar-refractivity contribution in [3.63, 3.8) is 0 Å². The molecule has 0 saturated heterocycles. The van der Waals surface area contributed by atoms with Gasteiger partial charge in [0.1, 0.15) is 0 Å². The Morgan fingerprint density at radius 2 is 2.05 bits per heavy atom. The van der Waals surface area contributed by atoms with E-state index in [0.29, 0.717) is 21.4 Å². The van der Waals surface area contributed by atoms with Crippen LogP contribution < -0.4 is 5.73 Å². The predicted octanol–water partition coefficient (Wildman–Crippen LogP) is 3.12. The van der Waals surface area contributed by atoms with E-state index in [1.807, 2.05) is 31.3 Å². The van der Waals surface area contributed by atoms with Gasteiger partial charge in [-0.3, -0.25) is 8.89 Å². The van der Waals surface area contributed by atoms with Crippen LogP contribution in [0.1, 0.15) is 5.69 Å². The Morgan fingerprint density at radius 3 is 2.86 bits per heavy atom. The van der Waals surface area contributed by atoms with E-state index in [0.717, 1.165) is 16.6 Å². The number of hydrogen-bond acceptors (Lipinski definition) is 3. The van der Waals surface area contributed by atoms with Crippen molar-refractivity contribution in [2.75, 3.05) is 5.73 Å². The number of aryl methyl sites for hydroxylation is 1. The van der Waals surface area contributed by atoms with Crippen LogP contribution in [0, 0.1) is 0 Å². The zero-order chi connectivity index (χ0) is 15.0. The molecule has 3 rings (SSSR count). The van der Waals surface area contributed by atoms with Crippen molar-refractivity contribution in [1.29, 1.82) is 0 Å². The molecule has 0 aliphatic rings. The standard InChI is InChI=1S/C15H14ClN3OS/c1-19-14-5-3-2-4-11(14)13(18-19)9-21(20)15-8-10(16)6-7-12(15)17/h2-8H,9,17H2,1H3. The van der Waals surface area contributed by atoms with Gasteiger partial charge in [0, 0.05) is 23.1 Å². The fourth-order valence-corrected chi connectivity index (χ4v) is 3.75. The third-order valence-corrected chi connectivity index (χ3v) is 4.94. The normalized spacial score (nSPS) is 12.7. The number of anilines is 1. The Bertz CT molecular complexity index is 844. The monoisotopic (exact) mass is 319 g/mol. The van der Waals surface area contributed by atoms with E-state index in [-0.39, 0.29) is 0 Å². The molecule has 6 heteroatoms. The third-order valence-electron chi connectivity index (χ3n) is 3.32. The second-order valence-corrected chi connectivity index (χ2v) is 6.62. The Kier molecular flexibility index (Phi) is 3.69. The van der Waals surface area contributed by atoms with Gasteiger partial charge in [-0.2, -0.15) is 5.10 Å². The molecule has 1 aromatic heterocycles. The fraction of sp³-hybridized carbons (Fsp3) is 0.133. The molecule has 0 aliphatic heterocycles. The van der Waals surface area contributed by atoms with Gasteiger partial charge in [-0.05, 0) is 24.3 Å². The van der Waals surface area contributed by atoms with Crippen molar-refractivity contribution in [2.24, 2.45) is 7.05 Å². The van der Waals surface area contributed by atoms with Crippen molar-refractivity contribution in [3.05, 3.63) is 53.2 Å². The second kappa shape index (κ2) is 5.50. The Hall–Kier alpha value is -1.85. The maximum Gasteiger partial charge on any atom is 0.0831 e. The minimum atomic E-state index is -1.28. The summed E-state index contributed by atoms with van der Waals surface area (Å²) in [4.78, 5) is 0.553. The summed E-state index contributed by atoms with van der Waals surface area (Å²) in [5, 5.41) is 5.99. The average molecular weight is 320 g/mol. The minimum Gasteiger partial charge on any atom is -0.398 e. The largest absolute Gasteiger partial charge is 0.398 e. The van der Waals surface area contributed by atoms with Gasteiger partial charge in [-0.1, -0.05) is 29.8 Å². The van der Waals surface area contributed by atoms with E-state index < -0.39 is 10.8 Å². The molecular weight excluding hydrogens is 306 g/mol. The van der Waals surface area contributed by atoms with Crippen molar-refractivity contribution in [1.82, 2.24) is 9.78 Å². The maximum absolute atomic E-state index is 12.6. The molecule has 0 spiro atoms. The number of aromatic nitrogens is 2. The molecule has 3 aromatic rings. The maximum atomic E-state index is 12.6. The summed E-state index contributed by atoms with van der Waals surface area (Å²) in [6.07, 6.45) is 0. The summed E-state index contributed by atoms with van der Waals surface area (Å²) in [7, 11) is 0.593. The van der Waals surface area contributed by atoms with E-state index in [2.05, 4.69) is 5.10 Å².